The first-order chi connectivity index (χ1) is 10.1. The molecule has 0 saturated heterocycles. The second-order valence-corrected chi connectivity index (χ2v) is 4.51. The van der Waals surface area contributed by atoms with E-state index in [1.807, 2.05) is 0 Å². The van der Waals surface area contributed by atoms with Crippen molar-refractivity contribution in [1.82, 2.24) is 0 Å². The van der Waals surface area contributed by atoms with Gasteiger partial charge in [0.1, 0.15) is 5.75 Å². The van der Waals surface area contributed by atoms with E-state index in [1.165, 1.54) is 0 Å². The SMILES string of the molecule is COCCCC(=O)Nc1ccc(OCCCC(=O)O)cc1. The molecule has 1 rings (SSSR count). The number of anilines is 1. The van der Waals surface area contributed by atoms with Gasteiger partial charge in [-0.3, -0.25) is 9.59 Å². The first kappa shape index (κ1) is 17.0. The highest BCUT2D eigenvalue weighted by molar-refractivity contribution is 5.90. The summed E-state index contributed by atoms with van der Waals surface area (Å²) >= 11 is 0. The minimum Gasteiger partial charge on any atom is -0.494 e. The smallest absolute Gasteiger partial charge is 0.303 e. The zero-order valence-electron chi connectivity index (χ0n) is 12.1. The summed E-state index contributed by atoms with van der Waals surface area (Å²) in [6, 6.07) is 6.98. The largest absolute Gasteiger partial charge is 0.494 e. The fourth-order valence-corrected chi connectivity index (χ4v) is 1.65. The summed E-state index contributed by atoms with van der Waals surface area (Å²) in [4.78, 5) is 21.9. The standard InChI is InChI=1S/C15H21NO5/c1-20-10-2-4-14(17)16-12-6-8-13(9-7-12)21-11-3-5-15(18)19/h6-9H,2-5,10-11H2,1H3,(H,16,17)(H,18,19). The number of nitrogens with one attached hydrogen (secondary N) is 1. The molecule has 0 atom stereocenters. The lowest BCUT2D eigenvalue weighted by Gasteiger charge is -2.08. The molecule has 6 nitrogen and oxygen atoms in total. The van der Waals surface area contributed by atoms with Crippen molar-refractivity contribution in [3.63, 3.8) is 0 Å². The molecule has 0 aliphatic rings. The van der Waals surface area contributed by atoms with Crippen LogP contribution in [0.2, 0.25) is 0 Å². The second kappa shape index (κ2) is 9.77. The van der Waals surface area contributed by atoms with Gasteiger partial charge in [-0.15, -0.1) is 0 Å². The molecule has 116 valence electrons. The predicted octanol–water partition coefficient (Wildman–Crippen LogP) is 2.30. The minimum atomic E-state index is -0.829. The van der Waals surface area contributed by atoms with Crippen molar-refractivity contribution in [3.8, 4) is 5.75 Å². The molecule has 0 radical (unpaired) electrons. The van der Waals surface area contributed by atoms with E-state index in [0.717, 1.165) is 0 Å². The van der Waals surface area contributed by atoms with E-state index in [9.17, 15) is 9.59 Å². The number of hydrogen-bond acceptors (Lipinski definition) is 4. The summed E-state index contributed by atoms with van der Waals surface area (Å²) in [7, 11) is 1.60. The van der Waals surface area contributed by atoms with Gasteiger partial charge in [0.15, 0.2) is 0 Å². The van der Waals surface area contributed by atoms with E-state index in [0.29, 0.717) is 43.9 Å². The van der Waals surface area contributed by atoms with Crippen LogP contribution in [0.15, 0.2) is 24.3 Å². The molecule has 1 aromatic carbocycles. The van der Waals surface area contributed by atoms with Gasteiger partial charge in [0, 0.05) is 32.2 Å². The van der Waals surface area contributed by atoms with Gasteiger partial charge in [0.25, 0.3) is 0 Å². The first-order valence-electron chi connectivity index (χ1n) is 6.85. The third-order valence-corrected chi connectivity index (χ3v) is 2.69. The van der Waals surface area contributed by atoms with Crippen molar-refractivity contribution in [1.29, 1.82) is 0 Å². The zero-order valence-corrected chi connectivity index (χ0v) is 12.1. The highest BCUT2D eigenvalue weighted by Gasteiger charge is 2.03. The van der Waals surface area contributed by atoms with Crippen molar-refractivity contribution in [3.05, 3.63) is 24.3 Å². The number of amides is 1. The van der Waals surface area contributed by atoms with Crippen LogP contribution in [0.1, 0.15) is 25.7 Å². The number of benzene rings is 1. The van der Waals surface area contributed by atoms with Crippen LogP contribution in [-0.2, 0) is 14.3 Å². The Morgan fingerprint density at radius 3 is 2.38 bits per heavy atom. The molecular formula is C15H21NO5. The van der Waals surface area contributed by atoms with E-state index in [1.54, 1.807) is 31.4 Å². The second-order valence-electron chi connectivity index (χ2n) is 4.51. The molecule has 21 heavy (non-hydrogen) atoms. The lowest BCUT2D eigenvalue weighted by molar-refractivity contribution is -0.137. The number of carboxylic acids is 1. The molecule has 0 spiro atoms. The topological polar surface area (TPSA) is 84.9 Å². The Labute approximate surface area is 124 Å². The maximum absolute atomic E-state index is 11.6. The molecule has 0 heterocycles. The molecule has 0 unspecified atom stereocenters. The molecule has 0 saturated carbocycles. The first-order valence-corrected chi connectivity index (χ1v) is 6.85. The lowest BCUT2D eigenvalue weighted by Crippen LogP contribution is -2.12. The van der Waals surface area contributed by atoms with Crippen LogP contribution in [-0.4, -0.2) is 37.3 Å². The third kappa shape index (κ3) is 7.94. The number of carbonyl (C=O) groups is 2. The van der Waals surface area contributed by atoms with Crippen LogP contribution < -0.4 is 10.1 Å². The average Bonchev–Trinajstić information content (AvgIpc) is 2.45. The Morgan fingerprint density at radius 1 is 1.10 bits per heavy atom. The Morgan fingerprint density at radius 2 is 1.76 bits per heavy atom. The number of carbonyl (C=O) groups excluding carboxylic acids is 1. The molecule has 0 aliphatic heterocycles. The molecule has 6 heteroatoms. The quantitative estimate of drug-likeness (QED) is 0.647. The number of methoxy groups -OCH3 is 1. The van der Waals surface area contributed by atoms with E-state index in [4.69, 9.17) is 14.6 Å². The van der Waals surface area contributed by atoms with Gasteiger partial charge in [-0.1, -0.05) is 0 Å². The van der Waals surface area contributed by atoms with Crippen molar-refractivity contribution in [2.24, 2.45) is 0 Å². The molecule has 0 bridgehead atoms. The summed E-state index contributed by atoms with van der Waals surface area (Å²) in [6.07, 6.45) is 1.66. The predicted molar refractivity (Wildman–Crippen MR) is 78.5 cm³/mol. The Hall–Kier alpha value is -2.08. The van der Waals surface area contributed by atoms with E-state index in [-0.39, 0.29) is 12.3 Å². The maximum atomic E-state index is 11.6. The zero-order chi connectivity index (χ0) is 15.5. The number of hydrogen-bond donors (Lipinski definition) is 2. The Kier molecular flexibility index (Phi) is 7.89. The molecule has 0 fully saturated rings. The van der Waals surface area contributed by atoms with Crippen LogP contribution in [0.4, 0.5) is 5.69 Å². The van der Waals surface area contributed by atoms with Gasteiger partial charge in [0.2, 0.25) is 5.91 Å². The highest BCUT2D eigenvalue weighted by atomic mass is 16.5. The summed E-state index contributed by atoms with van der Waals surface area (Å²) in [5, 5.41) is 11.3. The van der Waals surface area contributed by atoms with Crippen LogP contribution >= 0.6 is 0 Å². The average molecular weight is 295 g/mol. The molecule has 1 amide bonds. The van der Waals surface area contributed by atoms with Gasteiger partial charge in [-0.2, -0.15) is 0 Å². The monoisotopic (exact) mass is 295 g/mol. The van der Waals surface area contributed by atoms with Crippen molar-refractivity contribution < 1.29 is 24.2 Å². The molecule has 0 aromatic heterocycles. The lowest BCUT2D eigenvalue weighted by atomic mass is 10.2. The fraction of sp³-hybridized carbons (Fsp3) is 0.467. The summed E-state index contributed by atoms with van der Waals surface area (Å²) in [6.45, 7) is 0.922. The Balaban J connectivity index is 2.29. The van der Waals surface area contributed by atoms with Gasteiger partial charge < -0.3 is 19.9 Å². The third-order valence-electron chi connectivity index (χ3n) is 2.69. The summed E-state index contributed by atoms with van der Waals surface area (Å²) in [5.74, 6) is -0.231. The summed E-state index contributed by atoms with van der Waals surface area (Å²) < 4.78 is 10.3. The van der Waals surface area contributed by atoms with Crippen LogP contribution in [0.25, 0.3) is 0 Å². The van der Waals surface area contributed by atoms with E-state index >= 15 is 0 Å². The van der Waals surface area contributed by atoms with E-state index < -0.39 is 5.97 Å². The number of aliphatic carboxylic acids is 1. The van der Waals surface area contributed by atoms with Crippen LogP contribution in [0.3, 0.4) is 0 Å². The van der Waals surface area contributed by atoms with E-state index in [2.05, 4.69) is 5.32 Å². The van der Waals surface area contributed by atoms with Gasteiger partial charge in [-0.25, -0.2) is 0 Å². The normalized spacial score (nSPS) is 10.1. The number of carboxylic acid groups (broad SMARTS) is 1. The van der Waals surface area contributed by atoms with Gasteiger partial charge in [-0.05, 0) is 37.1 Å². The van der Waals surface area contributed by atoms with Gasteiger partial charge >= 0.3 is 5.97 Å². The van der Waals surface area contributed by atoms with Gasteiger partial charge in [0.05, 0.1) is 6.61 Å². The highest BCUT2D eigenvalue weighted by Crippen LogP contribution is 2.16. The molecule has 1 aromatic rings. The Bertz CT molecular complexity index is 444. The molecule has 2 N–H and O–H groups in total. The maximum Gasteiger partial charge on any atom is 0.303 e. The number of ether oxygens (including phenoxy) is 2. The van der Waals surface area contributed by atoms with Crippen LogP contribution in [0.5, 0.6) is 5.75 Å². The summed E-state index contributed by atoms with van der Waals surface area (Å²) in [5.41, 5.74) is 0.704. The van der Waals surface area contributed by atoms with Crippen molar-refractivity contribution in [2.75, 3.05) is 25.6 Å². The molecule has 0 aliphatic carbocycles. The minimum absolute atomic E-state index is 0.0535. The molecular weight excluding hydrogens is 274 g/mol. The fourth-order valence-electron chi connectivity index (χ4n) is 1.65. The van der Waals surface area contributed by atoms with Crippen molar-refractivity contribution in [2.45, 2.75) is 25.7 Å². The van der Waals surface area contributed by atoms with Crippen molar-refractivity contribution >= 4 is 17.6 Å². The van der Waals surface area contributed by atoms with Crippen LogP contribution in [0, 0.1) is 0 Å². The number of rotatable bonds is 10.